The van der Waals surface area contributed by atoms with Crippen LogP contribution in [0.3, 0.4) is 0 Å². The van der Waals surface area contributed by atoms with Crippen LogP contribution in [0.5, 0.6) is 0 Å². The van der Waals surface area contributed by atoms with Gasteiger partial charge >= 0.3 is 0 Å². The Morgan fingerprint density at radius 2 is 0.789 bits per heavy atom. The van der Waals surface area contributed by atoms with Gasteiger partial charge in [-0.3, -0.25) is 0 Å². The Morgan fingerprint density at radius 1 is 0.526 bits per heavy atom. The fourth-order valence-corrected chi connectivity index (χ4v) is 3.05. The predicted octanol–water partition coefficient (Wildman–Crippen LogP) is 2.33. The summed E-state index contributed by atoms with van der Waals surface area (Å²) in [6.07, 6.45) is 0. The first-order valence-corrected chi connectivity index (χ1v) is 8.48. The van der Waals surface area contributed by atoms with Gasteiger partial charge in [0.2, 0.25) is 0 Å². The monoisotopic (exact) mass is 273 g/mol. The van der Waals surface area contributed by atoms with E-state index in [9.17, 15) is 0 Å². The molecule has 1 N–H and O–H groups in total. The van der Waals surface area contributed by atoms with Crippen molar-refractivity contribution in [2.24, 2.45) is 0 Å². The van der Waals surface area contributed by atoms with E-state index in [2.05, 4.69) is 46.9 Å². The molecule has 0 bridgehead atoms. The van der Waals surface area contributed by atoms with Crippen LogP contribution >= 0.6 is 0 Å². The van der Waals surface area contributed by atoms with Crippen LogP contribution < -0.4 is 5.32 Å². The van der Waals surface area contributed by atoms with Crippen molar-refractivity contribution in [3.05, 3.63) is 0 Å². The lowest BCUT2D eigenvalue weighted by Gasteiger charge is -2.37. The molecule has 0 aromatic carbocycles. The number of nitrogens with zero attached hydrogens (tertiary/aromatic N) is 2. The minimum atomic E-state index is 1.16. The Kier molecular flexibility index (Phi) is 9.67. The van der Waals surface area contributed by atoms with Gasteiger partial charge < -0.3 is 14.3 Å². The van der Waals surface area contributed by atoms with E-state index >= 15 is 0 Å². The van der Waals surface area contributed by atoms with Crippen molar-refractivity contribution in [1.29, 1.82) is 0 Å². The third-order valence-corrected chi connectivity index (χ3v) is 5.55. The first-order valence-electron chi connectivity index (χ1n) is 8.48. The molecule has 0 aromatic heterocycles. The van der Waals surface area contributed by atoms with Gasteiger partial charge in [-0.05, 0) is 41.5 Å². The van der Waals surface area contributed by atoms with Crippen LogP contribution in [0, 0.1) is 0 Å². The smallest absolute Gasteiger partial charge is 0.0913 e. The lowest BCUT2D eigenvalue weighted by molar-refractivity contribution is -0.924. The molecule has 0 aromatic rings. The quantitative estimate of drug-likeness (QED) is 0.425. The fraction of sp³-hybridized carbons (Fsp3) is 1.00. The van der Waals surface area contributed by atoms with Gasteiger partial charge in [0.15, 0.2) is 0 Å². The zero-order valence-corrected chi connectivity index (χ0v) is 14.5. The zero-order chi connectivity index (χ0) is 14.8. The van der Waals surface area contributed by atoms with Crippen molar-refractivity contribution in [2.45, 2.75) is 41.5 Å². The van der Waals surface area contributed by atoms with Gasteiger partial charge in [-0.2, -0.15) is 0 Å². The Bertz CT molecular complexity index is 170. The van der Waals surface area contributed by atoms with Gasteiger partial charge in [-0.25, -0.2) is 0 Å². The van der Waals surface area contributed by atoms with E-state index in [-0.39, 0.29) is 0 Å². The molecular weight excluding hydrogens is 234 g/mol. The molecule has 0 saturated carbocycles. The van der Waals surface area contributed by atoms with E-state index in [1.165, 1.54) is 61.3 Å². The minimum absolute atomic E-state index is 1.16. The summed E-state index contributed by atoms with van der Waals surface area (Å²) in [5.74, 6) is 0. The standard InChI is InChI=1S/C16H39N3/c1-7-18(8-2,9-3)15-13-17-14-16-19(10-4,11-5)12-6/h17H,7-16H2,1-6H3/q+2. The Hall–Kier alpha value is -0.120. The lowest BCUT2D eigenvalue weighted by atomic mass is 10.3. The van der Waals surface area contributed by atoms with Gasteiger partial charge in [0.1, 0.15) is 0 Å². The van der Waals surface area contributed by atoms with Crippen molar-refractivity contribution in [2.75, 3.05) is 65.4 Å². The SMILES string of the molecule is CC[N+](CC)(CC)CCNCC[N+](CC)(CC)CC. The van der Waals surface area contributed by atoms with Crippen LogP contribution in [0.1, 0.15) is 41.5 Å². The van der Waals surface area contributed by atoms with Crippen molar-refractivity contribution < 1.29 is 8.97 Å². The topological polar surface area (TPSA) is 12.0 Å². The van der Waals surface area contributed by atoms with E-state index in [0.717, 1.165) is 13.1 Å². The van der Waals surface area contributed by atoms with Crippen LogP contribution in [0.4, 0.5) is 0 Å². The highest BCUT2D eigenvalue weighted by Gasteiger charge is 2.21. The van der Waals surface area contributed by atoms with Gasteiger partial charge in [0, 0.05) is 13.1 Å². The van der Waals surface area contributed by atoms with Gasteiger partial charge in [-0.15, -0.1) is 0 Å². The van der Waals surface area contributed by atoms with E-state index in [0.29, 0.717) is 0 Å². The van der Waals surface area contributed by atoms with Crippen LogP contribution in [0.15, 0.2) is 0 Å². The van der Waals surface area contributed by atoms with Crippen LogP contribution in [-0.2, 0) is 0 Å². The minimum Gasteiger partial charge on any atom is -0.323 e. The molecule has 0 saturated heterocycles. The van der Waals surface area contributed by atoms with E-state index < -0.39 is 0 Å². The molecule has 0 fully saturated rings. The van der Waals surface area contributed by atoms with Crippen molar-refractivity contribution >= 4 is 0 Å². The third-order valence-electron chi connectivity index (χ3n) is 5.55. The van der Waals surface area contributed by atoms with Crippen LogP contribution in [0.2, 0.25) is 0 Å². The number of quaternary nitrogens is 2. The molecule has 0 aliphatic heterocycles. The second-order valence-corrected chi connectivity index (χ2v) is 5.78. The average molecular weight is 274 g/mol. The van der Waals surface area contributed by atoms with E-state index in [4.69, 9.17) is 0 Å². The Labute approximate surface area is 122 Å². The summed E-state index contributed by atoms with van der Waals surface area (Å²) < 4.78 is 2.50. The van der Waals surface area contributed by atoms with Gasteiger partial charge in [0.25, 0.3) is 0 Å². The normalized spacial score (nSPS) is 12.9. The third kappa shape index (κ3) is 5.80. The van der Waals surface area contributed by atoms with Crippen LogP contribution in [0.25, 0.3) is 0 Å². The molecule has 0 atom stereocenters. The lowest BCUT2D eigenvalue weighted by Crippen LogP contribution is -2.53. The maximum absolute atomic E-state index is 3.67. The zero-order valence-electron chi connectivity index (χ0n) is 14.5. The molecule has 0 aliphatic rings. The summed E-state index contributed by atoms with van der Waals surface area (Å²) in [6.45, 7) is 26.3. The van der Waals surface area contributed by atoms with E-state index in [1.54, 1.807) is 0 Å². The number of rotatable bonds is 12. The average Bonchev–Trinajstić information content (AvgIpc) is 2.48. The maximum Gasteiger partial charge on any atom is 0.0913 e. The molecule has 3 nitrogen and oxygen atoms in total. The molecule has 0 radical (unpaired) electrons. The Balaban J connectivity index is 3.98. The summed E-state index contributed by atoms with van der Waals surface area (Å²) in [5, 5.41) is 3.67. The number of hydrogen-bond acceptors (Lipinski definition) is 1. The molecule has 0 amide bonds. The number of hydrogen-bond donors (Lipinski definition) is 1. The summed E-state index contributed by atoms with van der Waals surface area (Å²) in [7, 11) is 0. The van der Waals surface area contributed by atoms with Gasteiger partial charge in [-0.1, -0.05) is 0 Å². The first-order chi connectivity index (χ1) is 9.07. The molecular formula is C16H39N3+2. The summed E-state index contributed by atoms with van der Waals surface area (Å²) >= 11 is 0. The maximum atomic E-state index is 3.67. The number of likely N-dealkylation sites (N-methyl/N-ethyl adjacent to an activating group) is 2. The highest BCUT2D eigenvalue weighted by atomic mass is 15.4. The molecule has 0 aliphatic carbocycles. The molecule has 0 heterocycles. The molecule has 0 spiro atoms. The van der Waals surface area contributed by atoms with Crippen molar-refractivity contribution in [3.8, 4) is 0 Å². The summed E-state index contributed by atoms with van der Waals surface area (Å²) in [4.78, 5) is 0. The molecule has 19 heavy (non-hydrogen) atoms. The van der Waals surface area contributed by atoms with E-state index in [1.807, 2.05) is 0 Å². The molecule has 0 rings (SSSR count). The fourth-order valence-electron chi connectivity index (χ4n) is 3.05. The second kappa shape index (κ2) is 9.73. The number of nitrogens with one attached hydrogen (secondary N) is 1. The van der Waals surface area contributed by atoms with Crippen molar-refractivity contribution in [3.63, 3.8) is 0 Å². The molecule has 3 heteroatoms. The molecule has 0 unspecified atom stereocenters. The highest BCUT2D eigenvalue weighted by Crippen LogP contribution is 2.05. The summed E-state index contributed by atoms with van der Waals surface area (Å²) in [6, 6.07) is 0. The largest absolute Gasteiger partial charge is 0.323 e. The van der Waals surface area contributed by atoms with Crippen molar-refractivity contribution in [1.82, 2.24) is 5.32 Å². The molecule has 116 valence electrons. The summed E-state index contributed by atoms with van der Waals surface area (Å²) in [5.41, 5.74) is 0. The van der Waals surface area contributed by atoms with Gasteiger partial charge in [0.05, 0.1) is 52.4 Å². The Morgan fingerprint density at radius 3 is 1.00 bits per heavy atom. The highest BCUT2D eigenvalue weighted by molar-refractivity contribution is 4.49. The van der Waals surface area contributed by atoms with Crippen LogP contribution in [-0.4, -0.2) is 74.4 Å². The predicted molar refractivity (Wildman–Crippen MR) is 86.4 cm³/mol. The first kappa shape index (κ1) is 18.9. The second-order valence-electron chi connectivity index (χ2n) is 5.78.